The predicted molar refractivity (Wildman–Crippen MR) is 118 cm³/mol. The molecule has 1 aromatic heterocycles. The van der Waals surface area contributed by atoms with Gasteiger partial charge in [-0.1, -0.05) is 66.7 Å². The lowest BCUT2D eigenvalue weighted by Gasteiger charge is -2.17. The molecule has 0 aliphatic carbocycles. The normalized spacial score (nSPS) is 11.6. The third-order valence-electron chi connectivity index (χ3n) is 5.36. The van der Waals surface area contributed by atoms with E-state index >= 15 is 0 Å². The first kappa shape index (κ1) is 21.5. The van der Waals surface area contributed by atoms with E-state index in [1.807, 2.05) is 59.2 Å². The summed E-state index contributed by atoms with van der Waals surface area (Å²) in [6.07, 6.45) is -4.72. The minimum Gasteiger partial charge on any atom is -0.481 e. The number of anilines is 1. The topological polar surface area (TPSA) is 54.3 Å². The number of aromatic nitrogens is 1. The number of nitrogens with one attached hydrogen (secondary N) is 1. The molecule has 0 saturated carbocycles. The highest BCUT2D eigenvalue weighted by Crippen LogP contribution is 2.35. The van der Waals surface area contributed by atoms with E-state index in [0.717, 1.165) is 22.5 Å². The first-order chi connectivity index (χ1) is 15.3. The summed E-state index contributed by atoms with van der Waals surface area (Å²) in [6, 6.07) is 22.4. The first-order valence-corrected chi connectivity index (χ1v) is 10.1. The van der Waals surface area contributed by atoms with Crippen molar-refractivity contribution >= 4 is 22.7 Å². The molecule has 0 unspecified atom stereocenters. The van der Waals surface area contributed by atoms with Crippen LogP contribution in [-0.2, 0) is 30.5 Å². The van der Waals surface area contributed by atoms with Crippen molar-refractivity contribution in [1.82, 2.24) is 4.57 Å². The summed E-state index contributed by atoms with van der Waals surface area (Å²) in [5.74, 6) is -0.499. The Kier molecular flexibility index (Phi) is 5.90. The predicted octanol–water partition coefficient (Wildman–Crippen LogP) is 5.95. The van der Waals surface area contributed by atoms with Crippen LogP contribution in [0.4, 0.5) is 19.0 Å². The molecule has 0 radical (unpaired) electrons. The lowest BCUT2D eigenvalue weighted by molar-refractivity contribution is -0.138. The summed E-state index contributed by atoms with van der Waals surface area (Å²) < 4.78 is 42.3. The zero-order valence-electron chi connectivity index (χ0n) is 17.1. The van der Waals surface area contributed by atoms with Crippen molar-refractivity contribution in [2.45, 2.75) is 25.7 Å². The van der Waals surface area contributed by atoms with Gasteiger partial charge < -0.3 is 15.0 Å². The van der Waals surface area contributed by atoms with Crippen LogP contribution in [0.25, 0.3) is 10.9 Å². The van der Waals surface area contributed by atoms with Crippen LogP contribution in [0.15, 0.2) is 78.9 Å². The number of nitrogens with zero attached hydrogens (tertiary/aromatic N) is 1. The Morgan fingerprint density at radius 1 is 0.906 bits per heavy atom. The Labute approximate surface area is 182 Å². The summed E-state index contributed by atoms with van der Waals surface area (Å²) in [6.45, 7) is 0.359. The molecule has 0 saturated heterocycles. The minimum absolute atomic E-state index is 0.0899. The zero-order valence-corrected chi connectivity index (χ0v) is 17.1. The van der Waals surface area contributed by atoms with E-state index in [0.29, 0.717) is 17.9 Å². The maximum atomic E-state index is 13.4. The van der Waals surface area contributed by atoms with Gasteiger partial charge in [0, 0.05) is 24.0 Å². The van der Waals surface area contributed by atoms with Gasteiger partial charge >= 0.3 is 12.1 Å². The molecule has 0 spiro atoms. The molecule has 4 rings (SSSR count). The molecule has 7 heteroatoms. The quantitative estimate of drug-likeness (QED) is 0.375. The first-order valence-electron chi connectivity index (χ1n) is 10.1. The third kappa shape index (κ3) is 4.46. The molecule has 0 atom stereocenters. The Bertz CT molecular complexity index is 1250. The number of aliphatic carboxylic acids is 1. The maximum Gasteiger partial charge on any atom is 0.416 e. The molecule has 0 amide bonds. The number of carboxylic acid groups (broad SMARTS) is 1. The van der Waals surface area contributed by atoms with Crippen LogP contribution in [0.3, 0.4) is 0 Å². The van der Waals surface area contributed by atoms with Gasteiger partial charge in [0.2, 0.25) is 0 Å². The molecule has 0 aliphatic rings. The molecule has 1 heterocycles. The monoisotopic (exact) mass is 438 g/mol. The van der Waals surface area contributed by atoms with Gasteiger partial charge in [0.15, 0.2) is 0 Å². The average molecular weight is 438 g/mol. The summed E-state index contributed by atoms with van der Waals surface area (Å²) in [4.78, 5) is 11.6. The van der Waals surface area contributed by atoms with Crippen LogP contribution in [-0.4, -0.2) is 15.6 Å². The molecule has 32 heavy (non-hydrogen) atoms. The van der Waals surface area contributed by atoms with Crippen molar-refractivity contribution in [2.75, 3.05) is 5.32 Å². The minimum atomic E-state index is -4.47. The van der Waals surface area contributed by atoms with Crippen LogP contribution in [0.2, 0.25) is 0 Å². The highest BCUT2D eigenvalue weighted by atomic mass is 19.4. The molecule has 164 valence electrons. The van der Waals surface area contributed by atoms with E-state index in [2.05, 4.69) is 5.32 Å². The SMILES string of the molecule is O=C(O)Cc1c(NCc2ccccc2C(F)(F)F)n(Cc2ccccc2)c2ccccc12. The van der Waals surface area contributed by atoms with E-state index in [1.165, 1.54) is 12.1 Å². The van der Waals surface area contributed by atoms with Crippen molar-refractivity contribution in [3.8, 4) is 0 Å². The van der Waals surface area contributed by atoms with Gasteiger partial charge in [-0.25, -0.2) is 0 Å². The van der Waals surface area contributed by atoms with Crippen molar-refractivity contribution in [1.29, 1.82) is 0 Å². The van der Waals surface area contributed by atoms with Gasteiger partial charge in [-0.3, -0.25) is 4.79 Å². The van der Waals surface area contributed by atoms with Crippen molar-refractivity contribution in [2.24, 2.45) is 0 Å². The number of para-hydroxylation sites is 1. The molecule has 4 aromatic rings. The standard InChI is InChI=1S/C25H21F3N2O2/c26-25(27,28)21-12-6-4-10-18(21)15-29-24-20(14-23(31)32)19-11-5-7-13-22(19)30(24)16-17-8-2-1-3-9-17/h1-13,29H,14-16H2,(H,31,32). The summed E-state index contributed by atoms with van der Waals surface area (Å²) in [5.41, 5.74) is 1.75. The molecule has 3 aromatic carbocycles. The van der Waals surface area contributed by atoms with E-state index in [-0.39, 0.29) is 18.5 Å². The largest absolute Gasteiger partial charge is 0.481 e. The zero-order chi connectivity index (χ0) is 22.7. The van der Waals surface area contributed by atoms with Gasteiger partial charge in [-0.2, -0.15) is 13.2 Å². The molecular formula is C25H21F3N2O2. The van der Waals surface area contributed by atoms with Crippen LogP contribution in [0.1, 0.15) is 22.3 Å². The van der Waals surface area contributed by atoms with Crippen LogP contribution < -0.4 is 5.32 Å². The van der Waals surface area contributed by atoms with E-state index in [9.17, 15) is 23.1 Å². The van der Waals surface area contributed by atoms with Crippen LogP contribution in [0.5, 0.6) is 0 Å². The Hall–Kier alpha value is -3.74. The number of carbonyl (C=O) groups is 1. The number of carboxylic acids is 1. The summed E-state index contributed by atoms with van der Waals surface area (Å²) >= 11 is 0. The second-order valence-corrected chi connectivity index (χ2v) is 7.50. The highest BCUT2D eigenvalue weighted by Gasteiger charge is 2.33. The Balaban J connectivity index is 1.80. The molecule has 2 N–H and O–H groups in total. The lowest BCUT2D eigenvalue weighted by Crippen LogP contribution is -2.14. The second-order valence-electron chi connectivity index (χ2n) is 7.50. The summed E-state index contributed by atoms with van der Waals surface area (Å²) in [5, 5.41) is 13.4. The highest BCUT2D eigenvalue weighted by molar-refractivity contribution is 5.93. The molecule has 4 nitrogen and oxygen atoms in total. The number of halogens is 3. The number of alkyl halides is 3. The Morgan fingerprint density at radius 3 is 2.28 bits per heavy atom. The lowest BCUT2D eigenvalue weighted by atomic mass is 10.1. The second kappa shape index (κ2) is 8.78. The number of hydrogen-bond donors (Lipinski definition) is 2. The van der Waals surface area contributed by atoms with E-state index < -0.39 is 17.7 Å². The number of fused-ring (bicyclic) bond motifs is 1. The fourth-order valence-electron chi connectivity index (χ4n) is 3.97. The van der Waals surface area contributed by atoms with Crippen molar-refractivity contribution in [3.05, 3.63) is 101 Å². The molecular weight excluding hydrogens is 417 g/mol. The number of hydrogen-bond acceptors (Lipinski definition) is 2. The fourth-order valence-corrected chi connectivity index (χ4v) is 3.97. The van der Waals surface area contributed by atoms with E-state index in [1.54, 1.807) is 6.07 Å². The number of rotatable bonds is 7. The molecule has 0 fully saturated rings. The molecule has 0 bridgehead atoms. The van der Waals surface area contributed by atoms with Gasteiger partial charge in [-0.15, -0.1) is 0 Å². The van der Waals surface area contributed by atoms with Crippen LogP contribution >= 0.6 is 0 Å². The smallest absolute Gasteiger partial charge is 0.416 e. The van der Waals surface area contributed by atoms with Crippen molar-refractivity contribution < 1.29 is 23.1 Å². The van der Waals surface area contributed by atoms with Crippen LogP contribution in [0, 0.1) is 0 Å². The third-order valence-corrected chi connectivity index (χ3v) is 5.36. The molecule has 0 aliphatic heterocycles. The maximum absolute atomic E-state index is 13.4. The summed E-state index contributed by atoms with van der Waals surface area (Å²) in [7, 11) is 0. The van der Waals surface area contributed by atoms with Gasteiger partial charge in [-0.05, 0) is 23.3 Å². The fraction of sp³-hybridized carbons (Fsp3) is 0.160. The Morgan fingerprint density at radius 2 is 1.56 bits per heavy atom. The average Bonchev–Trinajstić information content (AvgIpc) is 3.05. The van der Waals surface area contributed by atoms with Gasteiger partial charge in [0.05, 0.1) is 17.5 Å². The van der Waals surface area contributed by atoms with E-state index in [4.69, 9.17) is 0 Å². The van der Waals surface area contributed by atoms with Crippen molar-refractivity contribution in [3.63, 3.8) is 0 Å². The van der Waals surface area contributed by atoms with Gasteiger partial charge in [0.25, 0.3) is 0 Å². The van der Waals surface area contributed by atoms with Gasteiger partial charge in [0.1, 0.15) is 5.82 Å². The number of benzene rings is 3.